The van der Waals surface area contributed by atoms with Gasteiger partial charge in [0.25, 0.3) is 0 Å². The fraction of sp³-hybridized carbons (Fsp3) is 0.136. The summed E-state index contributed by atoms with van der Waals surface area (Å²) in [5.41, 5.74) is 0.479. The molecule has 164 valence electrons. The summed E-state index contributed by atoms with van der Waals surface area (Å²) < 4.78 is 30.2. The number of allylic oxidation sites excluding steroid dienone is 1. The number of hydrogen-bond acceptors (Lipinski definition) is 7. The fourth-order valence-corrected chi connectivity index (χ4v) is 3.10. The van der Waals surface area contributed by atoms with E-state index in [0.29, 0.717) is 17.8 Å². The molecule has 0 saturated heterocycles. The third kappa shape index (κ3) is 4.16. The van der Waals surface area contributed by atoms with Gasteiger partial charge in [-0.3, -0.25) is 4.79 Å². The zero-order chi connectivity index (χ0) is 22.7. The lowest BCUT2D eigenvalue weighted by Gasteiger charge is -2.11. The number of carbonyl (C=O) groups is 2. The number of ether oxygens (including phenoxy) is 3. The number of methoxy groups -OCH3 is 1. The lowest BCUT2D eigenvalue weighted by Crippen LogP contribution is -2.12. The first-order valence-electron chi connectivity index (χ1n) is 9.50. The zero-order valence-electron chi connectivity index (χ0n) is 16.8. The molecular formula is C22H18FN3O6. The Morgan fingerprint density at radius 2 is 2.19 bits per heavy atom. The van der Waals surface area contributed by atoms with E-state index in [2.05, 4.69) is 15.3 Å². The van der Waals surface area contributed by atoms with Crippen LogP contribution in [0.4, 0.5) is 10.1 Å². The van der Waals surface area contributed by atoms with Crippen LogP contribution < -0.4 is 10.1 Å². The highest BCUT2D eigenvalue weighted by atomic mass is 19.1. The summed E-state index contributed by atoms with van der Waals surface area (Å²) in [6.07, 6.45) is 4.64. The summed E-state index contributed by atoms with van der Waals surface area (Å²) in [4.78, 5) is 31.5. The number of nitrogens with one attached hydrogen (secondary N) is 2. The Balaban J connectivity index is 1.59. The molecule has 2 aromatic heterocycles. The van der Waals surface area contributed by atoms with E-state index < -0.39 is 23.1 Å². The molecule has 0 radical (unpaired) electrons. The number of aromatic amines is 1. The van der Waals surface area contributed by atoms with Gasteiger partial charge in [0, 0.05) is 36.5 Å². The van der Waals surface area contributed by atoms with Crippen molar-refractivity contribution in [1.29, 1.82) is 0 Å². The van der Waals surface area contributed by atoms with Gasteiger partial charge in [-0.15, -0.1) is 0 Å². The minimum absolute atomic E-state index is 0.0804. The number of anilines is 1. The smallest absolute Gasteiger partial charge is 0.345 e. The highest BCUT2D eigenvalue weighted by Gasteiger charge is 2.36. The van der Waals surface area contributed by atoms with Crippen molar-refractivity contribution in [3.8, 4) is 5.75 Å². The van der Waals surface area contributed by atoms with Crippen LogP contribution in [0.15, 0.2) is 59.9 Å². The molecule has 0 aliphatic carbocycles. The number of aromatic nitrogens is 2. The number of ketones is 1. The molecule has 0 amide bonds. The van der Waals surface area contributed by atoms with E-state index in [1.54, 1.807) is 24.5 Å². The van der Waals surface area contributed by atoms with Gasteiger partial charge < -0.3 is 29.6 Å². The normalized spacial score (nSPS) is 14.8. The van der Waals surface area contributed by atoms with Gasteiger partial charge in [0.15, 0.2) is 11.3 Å². The molecule has 3 aromatic rings. The van der Waals surface area contributed by atoms with Crippen molar-refractivity contribution < 1.29 is 33.3 Å². The summed E-state index contributed by atoms with van der Waals surface area (Å²) >= 11 is 0. The number of hydrogen-bond donors (Lipinski definition) is 3. The maximum Gasteiger partial charge on any atom is 0.345 e. The summed E-state index contributed by atoms with van der Waals surface area (Å²) in [6.45, 7) is 0.584. The largest absolute Gasteiger partial charge is 0.491 e. The molecule has 3 heterocycles. The van der Waals surface area contributed by atoms with Crippen LogP contribution in [0, 0.1) is 5.82 Å². The van der Waals surface area contributed by atoms with E-state index >= 15 is 0 Å². The summed E-state index contributed by atoms with van der Waals surface area (Å²) in [5.74, 6) is -3.37. The van der Waals surface area contributed by atoms with Crippen molar-refractivity contribution in [1.82, 2.24) is 9.97 Å². The number of H-pyrrole nitrogens is 1. The molecule has 4 rings (SSSR count). The maximum absolute atomic E-state index is 14.5. The van der Waals surface area contributed by atoms with E-state index in [1.165, 1.54) is 25.3 Å². The predicted molar refractivity (Wildman–Crippen MR) is 112 cm³/mol. The quantitative estimate of drug-likeness (QED) is 0.278. The average molecular weight is 439 g/mol. The number of fused-ring (bicyclic) bond motifs is 1. The Morgan fingerprint density at radius 1 is 1.34 bits per heavy atom. The highest BCUT2D eigenvalue weighted by molar-refractivity contribution is 6.26. The van der Waals surface area contributed by atoms with Crippen LogP contribution in [0.1, 0.15) is 5.56 Å². The first kappa shape index (κ1) is 21.1. The Hall–Kier alpha value is -4.18. The molecule has 0 fully saturated rings. The predicted octanol–water partition coefficient (Wildman–Crippen LogP) is 3.08. The fourth-order valence-electron chi connectivity index (χ4n) is 3.10. The molecule has 0 unspecified atom stereocenters. The van der Waals surface area contributed by atoms with Crippen LogP contribution >= 0.6 is 0 Å². The Labute approximate surface area is 181 Å². The van der Waals surface area contributed by atoms with Gasteiger partial charge in [-0.1, -0.05) is 0 Å². The molecule has 1 aliphatic rings. The van der Waals surface area contributed by atoms with Crippen LogP contribution in [-0.2, 0) is 19.1 Å². The van der Waals surface area contributed by atoms with Crippen molar-refractivity contribution >= 4 is 34.5 Å². The number of halogens is 1. The molecule has 0 spiro atoms. The first-order chi connectivity index (χ1) is 15.5. The lowest BCUT2D eigenvalue weighted by molar-refractivity contribution is -0.134. The van der Waals surface area contributed by atoms with Crippen LogP contribution in [0.5, 0.6) is 5.75 Å². The second-order valence-corrected chi connectivity index (χ2v) is 6.70. The van der Waals surface area contributed by atoms with Crippen molar-refractivity contribution in [3.05, 3.63) is 71.3 Å². The number of aliphatic carboxylic acids is 1. The Bertz CT molecular complexity index is 1260. The van der Waals surface area contributed by atoms with Crippen LogP contribution in [0.3, 0.4) is 0 Å². The topological polar surface area (TPSA) is 123 Å². The molecular weight excluding hydrogens is 421 g/mol. The van der Waals surface area contributed by atoms with Gasteiger partial charge >= 0.3 is 5.97 Å². The van der Waals surface area contributed by atoms with Gasteiger partial charge in [0.2, 0.25) is 11.7 Å². The van der Waals surface area contributed by atoms with Gasteiger partial charge in [-0.2, -0.15) is 0 Å². The van der Waals surface area contributed by atoms with Gasteiger partial charge in [-0.25, -0.2) is 14.2 Å². The molecule has 0 bridgehead atoms. The molecule has 1 aliphatic heterocycles. The van der Waals surface area contributed by atoms with E-state index in [1.807, 2.05) is 0 Å². The third-order valence-corrected chi connectivity index (χ3v) is 4.62. The van der Waals surface area contributed by atoms with Crippen molar-refractivity contribution in [2.75, 3.05) is 25.6 Å². The zero-order valence-corrected chi connectivity index (χ0v) is 16.8. The molecule has 32 heavy (non-hydrogen) atoms. The van der Waals surface area contributed by atoms with Crippen LogP contribution in [0.2, 0.25) is 0 Å². The summed E-state index contributed by atoms with van der Waals surface area (Å²) in [7, 11) is 1.52. The molecule has 3 N–H and O–H groups in total. The minimum atomic E-state index is -1.50. The number of carbonyl (C=O) groups excluding carboxylic acids is 1. The van der Waals surface area contributed by atoms with Crippen LogP contribution in [-0.4, -0.2) is 47.2 Å². The van der Waals surface area contributed by atoms with Crippen molar-refractivity contribution in [3.63, 3.8) is 0 Å². The lowest BCUT2D eigenvalue weighted by atomic mass is 10.1. The van der Waals surface area contributed by atoms with Gasteiger partial charge in [-0.05, 0) is 30.3 Å². The number of nitrogens with zero attached hydrogens (tertiary/aromatic N) is 1. The first-order valence-corrected chi connectivity index (χ1v) is 9.50. The average Bonchev–Trinajstić information content (AvgIpc) is 3.31. The Morgan fingerprint density at radius 3 is 2.94 bits per heavy atom. The Kier molecular flexibility index (Phi) is 5.86. The monoisotopic (exact) mass is 439 g/mol. The molecule has 9 nitrogen and oxygen atoms in total. The van der Waals surface area contributed by atoms with Crippen molar-refractivity contribution in [2.24, 2.45) is 0 Å². The highest BCUT2D eigenvalue weighted by Crippen LogP contribution is 2.31. The standard InChI is InChI=1S/C22H18FN3O6/c1-30-7-8-31-13-4-5-16(15(23)10-13)26-21-18(22(28)29)19(27)17(32-21)9-12-11-25-20-14(12)3-2-6-24-20/h2-6,9-11,26H,7-8H2,1H3,(H,24,25)(H,28,29). The molecule has 10 heteroatoms. The summed E-state index contributed by atoms with van der Waals surface area (Å²) in [6, 6.07) is 7.50. The van der Waals surface area contributed by atoms with E-state index in [0.717, 1.165) is 11.5 Å². The van der Waals surface area contributed by atoms with E-state index in [-0.39, 0.29) is 29.7 Å². The number of rotatable bonds is 8. The van der Waals surface area contributed by atoms with Crippen molar-refractivity contribution in [2.45, 2.75) is 0 Å². The van der Waals surface area contributed by atoms with Gasteiger partial charge in [0.05, 0.1) is 12.3 Å². The second-order valence-electron chi connectivity index (χ2n) is 6.70. The maximum atomic E-state index is 14.5. The van der Waals surface area contributed by atoms with E-state index in [4.69, 9.17) is 14.2 Å². The number of Topliss-reactive ketones (excluding diaryl/α,β-unsaturated/α-hetero) is 1. The second kappa shape index (κ2) is 8.90. The molecule has 0 atom stereocenters. The third-order valence-electron chi connectivity index (χ3n) is 4.62. The number of carboxylic acid groups (broad SMARTS) is 1. The van der Waals surface area contributed by atoms with E-state index in [9.17, 15) is 19.1 Å². The SMILES string of the molecule is COCCOc1ccc(NC2=C(C(=O)O)C(=O)C(=Cc3c[nH]c4ncccc34)O2)c(F)c1. The van der Waals surface area contributed by atoms with Crippen LogP contribution in [0.25, 0.3) is 17.1 Å². The minimum Gasteiger partial charge on any atom is -0.491 e. The summed E-state index contributed by atoms with van der Waals surface area (Å²) in [5, 5.41) is 12.8. The number of benzene rings is 1. The molecule has 0 saturated carbocycles. The molecule has 1 aromatic carbocycles. The van der Waals surface area contributed by atoms with Gasteiger partial charge in [0.1, 0.15) is 23.8 Å². The number of carboxylic acids is 1. The number of pyridine rings is 1.